The molecule has 0 spiro atoms. The van der Waals surface area contributed by atoms with Gasteiger partial charge in [-0.25, -0.2) is 0 Å². The minimum Gasteiger partial charge on any atom is -0.493 e. The first-order valence-electron chi connectivity index (χ1n) is 7.26. The average molecular weight is 258 g/mol. The van der Waals surface area contributed by atoms with Crippen LogP contribution < -0.4 is 4.74 Å². The Kier molecular flexibility index (Phi) is 6.50. The second kappa shape index (κ2) is 7.89. The van der Waals surface area contributed by atoms with Crippen LogP contribution in [0.15, 0.2) is 18.2 Å². The van der Waals surface area contributed by atoms with Crippen molar-refractivity contribution in [3.63, 3.8) is 0 Å². The van der Waals surface area contributed by atoms with Gasteiger partial charge in [-0.2, -0.15) is 0 Å². The second-order valence-corrected chi connectivity index (χ2v) is 5.37. The van der Waals surface area contributed by atoms with Crippen molar-refractivity contribution in [2.24, 2.45) is 5.92 Å². The minimum absolute atomic E-state index is 0.410. The van der Waals surface area contributed by atoms with Crippen molar-refractivity contribution >= 4 is 0 Å². The highest BCUT2D eigenvalue weighted by molar-refractivity contribution is 5.39. The molecule has 0 N–H and O–H groups in total. The molecule has 0 saturated carbocycles. The van der Waals surface area contributed by atoms with E-state index >= 15 is 0 Å². The molecule has 0 aliphatic carbocycles. The van der Waals surface area contributed by atoms with Gasteiger partial charge in [0.2, 0.25) is 0 Å². The highest BCUT2D eigenvalue weighted by Gasteiger charge is 2.10. The predicted octanol–water partition coefficient (Wildman–Crippen LogP) is 4.80. The molecule has 1 unspecified atom stereocenters. The third-order valence-electron chi connectivity index (χ3n) is 3.09. The molecule has 0 heterocycles. The largest absolute Gasteiger partial charge is 0.493 e. The van der Waals surface area contributed by atoms with Gasteiger partial charge in [0.15, 0.2) is 0 Å². The normalized spacial score (nSPS) is 11.9. The summed E-state index contributed by atoms with van der Waals surface area (Å²) >= 11 is 0. The summed E-state index contributed by atoms with van der Waals surface area (Å²) < 4.78 is 5.83. The summed E-state index contributed by atoms with van der Waals surface area (Å²) in [6, 6.07) is 6.57. The lowest BCUT2D eigenvalue weighted by molar-refractivity contribution is 0.313. The van der Waals surface area contributed by atoms with Gasteiger partial charge in [-0.3, -0.25) is 0 Å². The highest BCUT2D eigenvalue weighted by atomic mass is 16.5. The molecule has 1 atom stereocenters. The standard InChI is InChI=1S/C18H26O/c1-6-8-15(5)12-16-9-10-18(19-11-7-2)17(13-16)14(3)4/h9-10,13-15H,7,11-12H2,1-5H3. The zero-order valence-electron chi connectivity index (χ0n) is 12.9. The Morgan fingerprint density at radius 2 is 1.95 bits per heavy atom. The molecule has 104 valence electrons. The smallest absolute Gasteiger partial charge is 0.122 e. The highest BCUT2D eigenvalue weighted by Crippen LogP contribution is 2.28. The van der Waals surface area contributed by atoms with Crippen molar-refractivity contribution in [3.8, 4) is 17.6 Å². The zero-order chi connectivity index (χ0) is 14.3. The molecule has 1 aromatic rings. The summed E-state index contributed by atoms with van der Waals surface area (Å²) in [5.74, 6) is 8.13. The first-order chi connectivity index (χ1) is 9.08. The van der Waals surface area contributed by atoms with Crippen LogP contribution >= 0.6 is 0 Å². The van der Waals surface area contributed by atoms with E-state index in [1.54, 1.807) is 0 Å². The number of benzene rings is 1. The lowest BCUT2D eigenvalue weighted by Gasteiger charge is -2.16. The van der Waals surface area contributed by atoms with Gasteiger partial charge in [0, 0.05) is 5.92 Å². The molecule has 0 saturated heterocycles. The van der Waals surface area contributed by atoms with Crippen LogP contribution in [0.3, 0.4) is 0 Å². The zero-order valence-corrected chi connectivity index (χ0v) is 12.9. The van der Waals surface area contributed by atoms with Gasteiger partial charge < -0.3 is 4.74 Å². The van der Waals surface area contributed by atoms with E-state index < -0.39 is 0 Å². The third-order valence-corrected chi connectivity index (χ3v) is 3.09. The number of ether oxygens (including phenoxy) is 1. The molecule has 0 aromatic heterocycles. The number of hydrogen-bond acceptors (Lipinski definition) is 1. The van der Waals surface area contributed by atoms with Crippen LogP contribution in [0.1, 0.15) is 58.1 Å². The summed E-state index contributed by atoms with van der Waals surface area (Å²) in [7, 11) is 0. The molecule has 0 aliphatic heterocycles. The molecular weight excluding hydrogens is 232 g/mol. The first-order valence-corrected chi connectivity index (χ1v) is 7.26. The van der Waals surface area contributed by atoms with Crippen LogP contribution in [0.5, 0.6) is 5.75 Å². The molecule has 0 fully saturated rings. The van der Waals surface area contributed by atoms with Crippen molar-refractivity contribution < 1.29 is 4.74 Å². The van der Waals surface area contributed by atoms with E-state index in [1.165, 1.54) is 11.1 Å². The van der Waals surface area contributed by atoms with E-state index in [0.717, 1.165) is 25.2 Å². The van der Waals surface area contributed by atoms with Crippen molar-refractivity contribution in [3.05, 3.63) is 29.3 Å². The molecule has 1 nitrogen and oxygen atoms in total. The van der Waals surface area contributed by atoms with E-state index in [4.69, 9.17) is 4.74 Å². The third kappa shape index (κ3) is 4.99. The Bertz CT molecular complexity index is 448. The minimum atomic E-state index is 0.410. The number of rotatable bonds is 6. The van der Waals surface area contributed by atoms with Crippen LogP contribution in [0, 0.1) is 17.8 Å². The Hall–Kier alpha value is -1.42. The van der Waals surface area contributed by atoms with Crippen molar-refractivity contribution in [1.82, 2.24) is 0 Å². The van der Waals surface area contributed by atoms with Gasteiger partial charge in [0.25, 0.3) is 0 Å². The molecule has 1 rings (SSSR count). The Labute approximate surface area is 118 Å². The fourth-order valence-corrected chi connectivity index (χ4v) is 2.17. The van der Waals surface area contributed by atoms with E-state index in [1.807, 2.05) is 6.92 Å². The molecule has 0 radical (unpaired) electrons. The van der Waals surface area contributed by atoms with E-state index in [2.05, 4.69) is 57.7 Å². The Morgan fingerprint density at radius 3 is 2.53 bits per heavy atom. The second-order valence-electron chi connectivity index (χ2n) is 5.37. The van der Waals surface area contributed by atoms with Gasteiger partial charge in [-0.15, -0.1) is 11.8 Å². The Balaban J connectivity index is 2.91. The lowest BCUT2D eigenvalue weighted by atomic mass is 9.95. The van der Waals surface area contributed by atoms with Gasteiger partial charge in [0.05, 0.1) is 6.61 Å². The van der Waals surface area contributed by atoms with Gasteiger partial charge in [-0.1, -0.05) is 39.8 Å². The van der Waals surface area contributed by atoms with E-state index in [0.29, 0.717) is 11.8 Å². The molecule has 0 aliphatic rings. The topological polar surface area (TPSA) is 9.23 Å². The maximum atomic E-state index is 5.83. The molecule has 0 amide bonds. The van der Waals surface area contributed by atoms with Crippen molar-refractivity contribution in [1.29, 1.82) is 0 Å². The molecule has 1 aromatic carbocycles. The average Bonchev–Trinajstić information content (AvgIpc) is 2.37. The fraction of sp³-hybridized carbons (Fsp3) is 0.556. The maximum Gasteiger partial charge on any atom is 0.122 e. The van der Waals surface area contributed by atoms with Crippen molar-refractivity contribution in [2.45, 2.75) is 53.4 Å². The van der Waals surface area contributed by atoms with Crippen LogP contribution in [-0.2, 0) is 6.42 Å². The van der Waals surface area contributed by atoms with Crippen molar-refractivity contribution in [2.75, 3.05) is 6.61 Å². The quantitative estimate of drug-likeness (QED) is 0.666. The van der Waals surface area contributed by atoms with Crippen LogP contribution in [0.4, 0.5) is 0 Å². The summed E-state index contributed by atoms with van der Waals surface area (Å²) in [4.78, 5) is 0. The van der Waals surface area contributed by atoms with Gasteiger partial charge in [-0.05, 0) is 42.9 Å². The van der Waals surface area contributed by atoms with Crippen LogP contribution in [0.25, 0.3) is 0 Å². The summed E-state index contributed by atoms with van der Waals surface area (Å²) in [5.41, 5.74) is 2.66. The van der Waals surface area contributed by atoms with E-state index in [9.17, 15) is 0 Å². The molecule has 0 bridgehead atoms. The fourth-order valence-electron chi connectivity index (χ4n) is 2.17. The van der Waals surface area contributed by atoms with Gasteiger partial charge in [0.1, 0.15) is 5.75 Å². The molecular formula is C18H26O. The van der Waals surface area contributed by atoms with Crippen LogP contribution in [0.2, 0.25) is 0 Å². The Morgan fingerprint density at radius 1 is 1.21 bits per heavy atom. The summed E-state index contributed by atoms with van der Waals surface area (Å²) in [6.45, 7) is 11.4. The lowest BCUT2D eigenvalue weighted by Crippen LogP contribution is -2.03. The summed E-state index contributed by atoms with van der Waals surface area (Å²) in [6.07, 6.45) is 2.05. The molecule has 1 heteroatoms. The first kappa shape index (κ1) is 15.6. The SMILES string of the molecule is CC#CC(C)Cc1ccc(OCCC)c(C(C)C)c1. The summed E-state index contributed by atoms with van der Waals surface area (Å²) in [5, 5.41) is 0. The van der Waals surface area contributed by atoms with E-state index in [-0.39, 0.29) is 0 Å². The molecule has 19 heavy (non-hydrogen) atoms. The van der Waals surface area contributed by atoms with Gasteiger partial charge >= 0.3 is 0 Å². The van der Waals surface area contributed by atoms with Crippen LogP contribution in [-0.4, -0.2) is 6.61 Å². The monoisotopic (exact) mass is 258 g/mol. The number of hydrogen-bond donors (Lipinski definition) is 0. The predicted molar refractivity (Wildman–Crippen MR) is 82.6 cm³/mol. The maximum absolute atomic E-state index is 5.83.